The Balaban J connectivity index is 1.53. The summed E-state index contributed by atoms with van der Waals surface area (Å²) in [5, 5.41) is 5.64. The minimum atomic E-state index is -0.496. The summed E-state index contributed by atoms with van der Waals surface area (Å²) in [6.45, 7) is 4.45. The average Bonchev–Trinajstić information content (AvgIpc) is 3.34. The Labute approximate surface area is 226 Å². The van der Waals surface area contributed by atoms with Gasteiger partial charge in [0, 0.05) is 30.2 Å². The highest BCUT2D eigenvalue weighted by molar-refractivity contribution is 8.16. The number of thioether (sulfide) groups is 1. The maximum atomic E-state index is 13.5. The third-order valence-electron chi connectivity index (χ3n) is 6.26. The molecule has 3 heterocycles. The van der Waals surface area contributed by atoms with Crippen molar-refractivity contribution in [3.05, 3.63) is 118 Å². The van der Waals surface area contributed by atoms with Gasteiger partial charge < -0.3 is 15.0 Å². The normalized spacial score (nSPS) is 16.5. The Bertz CT molecular complexity index is 1430. The average molecular weight is 525 g/mol. The van der Waals surface area contributed by atoms with Gasteiger partial charge in [0.2, 0.25) is 5.91 Å². The molecule has 8 heteroatoms. The number of aryl methyl sites for hydroxylation is 1. The zero-order valence-electron chi connectivity index (χ0n) is 21.3. The maximum absolute atomic E-state index is 13.5. The van der Waals surface area contributed by atoms with Crippen molar-refractivity contribution in [2.75, 3.05) is 6.61 Å². The second-order valence-corrected chi connectivity index (χ2v) is 9.81. The molecule has 5 rings (SSSR count). The molecule has 0 saturated heterocycles. The number of fused-ring (bicyclic) bond motifs is 1. The molecular formula is C30H28N4O3S. The van der Waals surface area contributed by atoms with E-state index in [9.17, 15) is 9.59 Å². The number of nitrogens with one attached hydrogen (secondary N) is 1. The van der Waals surface area contributed by atoms with E-state index in [2.05, 4.69) is 16.4 Å². The van der Waals surface area contributed by atoms with E-state index in [-0.39, 0.29) is 18.9 Å². The van der Waals surface area contributed by atoms with E-state index in [0.717, 1.165) is 33.1 Å². The lowest BCUT2D eigenvalue weighted by molar-refractivity contribution is -0.139. The summed E-state index contributed by atoms with van der Waals surface area (Å²) in [5.41, 5.74) is 5.58. The van der Waals surface area contributed by atoms with E-state index < -0.39 is 12.0 Å². The highest BCUT2D eigenvalue weighted by Crippen LogP contribution is 2.47. The summed E-state index contributed by atoms with van der Waals surface area (Å²) in [5.74, 6) is -0.543. The molecule has 38 heavy (non-hydrogen) atoms. The fourth-order valence-corrected chi connectivity index (χ4v) is 5.49. The number of ether oxygens (including phenoxy) is 1. The number of rotatable bonds is 8. The Morgan fingerprint density at radius 2 is 1.92 bits per heavy atom. The van der Waals surface area contributed by atoms with Crippen molar-refractivity contribution < 1.29 is 14.3 Å². The number of aliphatic imine (C=N–C) groups is 1. The molecule has 7 nitrogen and oxygen atoms in total. The smallest absolute Gasteiger partial charge is 0.338 e. The molecule has 0 spiro atoms. The number of carbonyl (C=O) groups is 2. The summed E-state index contributed by atoms with van der Waals surface area (Å²) in [6.07, 6.45) is 3.58. The van der Waals surface area contributed by atoms with E-state index in [4.69, 9.17) is 9.73 Å². The Morgan fingerprint density at radius 3 is 2.66 bits per heavy atom. The molecule has 0 saturated carbocycles. The zero-order valence-corrected chi connectivity index (χ0v) is 22.1. The summed E-state index contributed by atoms with van der Waals surface area (Å²) in [6, 6.07) is 21.0. The van der Waals surface area contributed by atoms with Crippen LogP contribution in [0.15, 0.2) is 101 Å². The second-order valence-electron chi connectivity index (χ2n) is 8.97. The van der Waals surface area contributed by atoms with Crippen LogP contribution >= 0.6 is 11.8 Å². The SMILES string of the molecule is CCOC(=O)C1=C(c2ccccc2)N=C2SC=C(CC(=O)NCc3cccnc3)N2[C@@H]1c1cccc(C)c1. The van der Waals surface area contributed by atoms with E-state index in [0.29, 0.717) is 17.8 Å². The number of benzene rings is 2. The zero-order chi connectivity index (χ0) is 26.5. The number of nitrogens with zero attached hydrogens (tertiary/aromatic N) is 3. The van der Waals surface area contributed by atoms with Crippen molar-refractivity contribution in [1.82, 2.24) is 15.2 Å². The van der Waals surface area contributed by atoms with Crippen LogP contribution in [0.1, 0.15) is 41.6 Å². The van der Waals surface area contributed by atoms with Crippen LogP contribution < -0.4 is 5.32 Å². The van der Waals surface area contributed by atoms with Crippen LogP contribution in [0.3, 0.4) is 0 Å². The third kappa shape index (κ3) is 5.40. The Hall–Kier alpha value is -4.17. The molecule has 3 aromatic rings. The van der Waals surface area contributed by atoms with E-state index in [1.54, 1.807) is 19.3 Å². The number of amidine groups is 1. The molecule has 1 N–H and O–H groups in total. The summed E-state index contributed by atoms with van der Waals surface area (Å²) < 4.78 is 5.56. The van der Waals surface area contributed by atoms with Gasteiger partial charge in [-0.05, 0) is 36.4 Å². The van der Waals surface area contributed by atoms with Crippen LogP contribution in [0.25, 0.3) is 5.70 Å². The van der Waals surface area contributed by atoms with Crippen molar-refractivity contribution in [1.29, 1.82) is 0 Å². The van der Waals surface area contributed by atoms with Crippen molar-refractivity contribution in [2.45, 2.75) is 32.9 Å². The lowest BCUT2D eigenvalue weighted by Crippen LogP contribution is -2.38. The van der Waals surface area contributed by atoms with Gasteiger partial charge in [0.05, 0.1) is 30.3 Å². The molecule has 1 amide bonds. The minimum absolute atomic E-state index is 0.125. The number of esters is 1. The van der Waals surface area contributed by atoms with Gasteiger partial charge in [-0.15, -0.1) is 0 Å². The fourth-order valence-electron chi connectivity index (χ4n) is 4.57. The van der Waals surface area contributed by atoms with Crippen molar-refractivity contribution >= 4 is 34.5 Å². The van der Waals surface area contributed by atoms with Crippen LogP contribution in [0.5, 0.6) is 0 Å². The summed E-state index contributed by atoms with van der Waals surface area (Å²) in [4.78, 5) is 37.6. The first kappa shape index (κ1) is 25.5. The lowest BCUT2D eigenvalue weighted by atomic mass is 9.90. The molecular weight excluding hydrogens is 496 g/mol. The number of hydrogen-bond acceptors (Lipinski definition) is 7. The van der Waals surface area contributed by atoms with Gasteiger partial charge in [-0.2, -0.15) is 0 Å². The quantitative estimate of drug-likeness (QED) is 0.399. The van der Waals surface area contributed by atoms with Crippen LogP contribution in [0.4, 0.5) is 0 Å². The number of carbonyl (C=O) groups excluding carboxylic acids is 2. The first-order chi connectivity index (χ1) is 18.5. The van der Waals surface area contributed by atoms with Crippen LogP contribution in [-0.4, -0.2) is 33.5 Å². The number of aromatic nitrogens is 1. The first-order valence-electron chi connectivity index (χ1n) is 12.5. The predicted octanol–water partition coefficient (Wildman–Crippen LogP) is 5.37. The molecule has 2 aliphatic rings. The van der Waals surface area contributed by atoms with E-state index in [1.807, 2.05) is 77.9 Å². The van der Waals surface area contributed by atoms with E-state index in [1.165, 1.54) is 11.8 Å². The van der Waals surface area contributed by atoms with Crippen LogP contribution in [0, 0.1) is 6.92 Å². The second kappa shape index (κ2) is 11.5. The van der Waals surface area contributed by atoms with Crippen molar-refractivity contribution in [3.8, 4) is 0 Å². The van der Waals surface area contributed by atoms with Gasteiger partial charge in [0.15, 0.2) is 5.17 Å². The van der Waals surface area contributed by atoms with Crippen LogP contribution in [-0.2, 0) is 20.9 Å². The third-order valence-corrected chi connectivity index (χ3v) is 7.15. The molecule has 1 atom stereocenters. The number of amides is 1. The lowest BCUT2D eigenvalue weighted by Gasteiger charge is -2.37. The predicted molar refractivity (Wildman–Crippen MR) is 150 cm³/mol. The molecule has 0 unspecified atom stereocenters. The minimum Gasteiger partial charge on any atom is -0.463 e. The highest BCUT2D eigenvalue weighted by atomic mass is 32.2. The standard InChI is InChI=1S/C30H28N4O3S/c1-3-37-29(36)26-27(22-11-5-4-6-12-22)33-30-34(28(26)23-13-7-9-20(2)15-23)24(19-38-30)16-25(35)32-18-21-10-8-14-31-17-21/h4-15,17,19,28H,3,16,18H2,1-2H3,(H,32,35)/t28-/m1/s1. The highest BCUT2D eigenvalue weighted by Gasteiger charge is 2.42. The molecule has 0 radical (unpaired) electrons. The Morgan fingerprint density at radius 1 is 1.08 bits per heavy atom. The van der Waals surface area contributed by atoms with Gasteiger partial charge in [0.25, 0.3) is 0 Å². The monoisotopic (exact) mass is 524 g/mol. The largest absolute Gasteiger partial charge is 0.463 e. The van der Waals surface area contributed by atoms with Gasteiger partial charge in [-0.1, -0.05) is 78.0 Å². The molecule has 0 aliphatic carbocycles. The van der Waals surface area contributed by atoms with Gasteiger partial charge in [-0.3, -0.25) is 9.78 Å². The van der Waals surface area contributed by atoms with E-state index >= 15 is 0 Å². The molecule has 192 valence electrons. The van der Waals surface area contributed by atoms with Gasteiger partial charge in [0.1, 0.15) is 0 Å². The summed E-state index contributed by atoms with van der Waals surface area (Å²) in [7, 11) is 0. The van der Waals surface area contributed by atoms with Gasteiger partial charge in [-0.25, -0.2) is 9.79 Å². The molecule has 0 bridgehead atoms. The van der Waals surface area contributed by atoms with Crippen molar-refractivity contribution in [3.63, 3.8) is 0 Å². The number of hydrogen-bond donors (Lipinski definition) is 1. The number of pyridine rings is 1. The van der Waals surface area contributed by atoms with Crippen LogP contribution in [0.2, 0.25) is 0 Å². The fraction of sp³-hybridized carbons (Fsp3) is 0.200. The topological polar surface area (TPSA) is 83.9 Å². The molecule has 1 aromatic heterocycles. The first-order valence-corrected chi connectivity index (χ1v) is 13.4. The van der Waals surface area contributed by atoms with Crippen molar-refractivity contribution in [2.24, 2.45) is 4.99 Å². The maximum Gasteiger partial charge on any atom is 0.338 e. The van der Waals surface area contributed by atoms with Gasteiger partial charge >= 0.3 is 5.97 Å². The summed E-state index contributed by atoms with van der Waals surface area (Å²) >= 11 is 1.46. The molecule has 0 fully saturated rings. The molecule has 2 aliphatic heterocycles. The Kier molecular flexibility index (Phi) is 7.70. The molecule has 2 aromatic carbocycles.